The van der Waals surface area contributed by atoms with Gasteiger partial charge in [0.15, 0.2) is 5.57 Å². The van der Waals surface area contributed by atoms with Gasteiger partial charge in [0.1, 0.15) is 0 Å². The van der Waals surface area contributed by atoms with Crippen LogP contribution in [0.3, 0.4) is 0 Å². The summed E-state index contributed by atoms with van der Waals surface area (Å²) < 4.78 is 14.2. The Kier molecular flexibility index (Phi) is 11.5. The van der Waals surface area contributed by atoms with Crippen molar-refractivity contribution in [2.24, 2.45) is 0 Å². The van der Waals surface area contributed by atoms with Crippen LogP contribution in [-0.4, -0.2) is 44.8 Å². The summed E-state index contributed by atoms with van der Waals surface area (Å²) in [7, 11) is 1.36. The van der Waals surface area contributed by atoms with E-state index in [0.717, 1.165) is 19.3 Å². The molecule has 0 saturated heterocycles. The summed E-state index contributed by atoms with van der Waals surface area (Å²) in [5.74, 6) is -1.64. The summed E-state index contributed by atoms with van der Waals surface area (Å²) in [6.07, 6.45) is 4.08. The number of esters is 3. The zero-order chi connectivity index (χ0) is 16.8. The van der Waals surface area contributed by atoms with E-state index in [1.54, 1.807) is 13.8 Å². The lowest BCUT2D eigenvalue weighted by Gasteiger charge is -2.07. The molecule has 0 radical (unpaired) electrons. The Morgan fingerprint density at radius 1 is 0.955 bits per heavy atom. The van der Waals surface area contributed by atoms with Gasteiger partial charge in [-0.2, -0.15) is 0 Å². The third-order valence-electron chi connectivity index (χ3n) is 2.67. The van der Waals surface area contributed by atoms with Crippen molar-refractivity contribution in [3.63, 3.8) is 0 Å². The lowest BCUT2D eigenvalue weighted by molar-refractivity contribution is -0.146. The molecule has 0 spiro atoms. The molecule has 0 saturated carbocycles. The van der Waals surface area contributed by atoms with Crippen molar-refractivity contribution in [2.45, 2.75) is 39.5 Å². The highest BCUT2D eigenvalue weighted by Gasteiger charge is 2.20. The zero-order valence-corrected chi connectivity index (χ0v) is 13.5. The maximum Gasteiger partial charge on any atom is 0.347 e. The SMILES string of the molecule is CCOC(=O)C(=CNCCCCCC(=O)OC)C(=O)OCC. The molecule has 7 nitrogen and oxygen atoms in total. The molecule has 0 aromatic carbocycles. The first-order valence-electron chi connectivity index (χ1n) is 7.41. The van der Waals surface area contributed by atoms with Gasteiger partial charge < -0.3 is 19.5 Å². The van der Waals surface area contributed by atoms with Gasteiger partial charge in [0.2, 0.25) is 0 Å². The fraction of sp³-hybridized carbons (Fsp3) is 0.667. The molecule has 7 heteroatoms. The van der Waals surface area contributed by atoms with E-state index in [1.807, 2.05) is 0 Å². The molecule has 0 atom stereocenters. The van der Waals surface area contributed by atoms with E-state index in [-0.39, 0.29) is 24.8 Å². The number of hydrogen-bond donors (Lipinski definition) is 1. The first-order chi connectivity index (χ1) is 10.6. The Bertz CT molecular complexity index is 371. The average Bonchev–Trinajstić information content (AvgIpc) is 2.49. The normalized spacial score (nSPS) is 9.59. The lowest BCUT2D eigenvalue weighted by Crippen LogP contribution is -2.21. The molecular weight excluding hydrogens is 290 g/mol. The second-order valence-electron chi connectivity index (χ2n) is 4.34. The van der Waals surface area contributed by atoms with Crippen molar-refractivity contribution in [3.05, 3.63) is 11.8 Å². The quantitative estimate of drug-likeness (QED) is 0.153. The van der Waals surface area contributed by atoms with Crippen LogP contribution in [0.15, 0.2) is 11.8 Å². The lowest BCUT2D eigenvalue weighted by atomic mass is 10.2. The number of rotatable bonds is 11. The number of carbonyl (C=O) groups is 3. The predicted molar refractivity (Wildman–Crippen MR) is 79.8 cm³/mol. The monoisotopic (exact) mass is 315 g/mol. The van der Waals surface area contributed by atoms with E-state index in [9.17, 15) is 14.4 Å². The maximum atomic E-state index is 11.7. The van der Waals surface area contributed by atoms with Crippen LogP contribution in [0.5, 0.6) is 0 Å². The van der Waals surface area contributed by atoms with Crippen molar-refractivity contribution in [1.82, 2.24) is 5.32 Å². The summed E-state index contributed by atoms with van der Waals surface area (Å²) >= 11 is 0. The number of methoxy groups -OCH3 is 1. The third-order valence-corrected chi connectivity index (χ3v) is 2.67. The van der Waals surface area contributed by atoms with Crippen molar-refractivity contribution in [3.8, 4) is 0 Å². The minimum atomic E-state index is -0.709. The molecular formula is C15H25NO6. The van der Waals surface area contributed by atoms with Gasteiger partial charge in [-0.1, -0.05) is 6.42 Å². The molecule has 0 amide bonds. The molecule has 0 heterocycles. The first-order valence-corrected chi connectivity index (χ1v) is 7.41. The number of nitrogens with one attached hydrogen (secondary N) is 1. The summed E-state index contributed by atoms with van der Waals surface area (Å²) in [6, 6.07) is 0. The molecule has 0 bridgehead atoms. The number of carbonyl (C=O) groups excluding carboxylic acids is 3. The van der Waals surface area contributed by atoms with Gasteiger partial charge in [0.05, 0.1) is 20.3 Å². The molecule has 0 fully saturated rings. The van der Waals surface area contributed by atoms with Crippen molar-refractivity contribution in [2.75, 3.05) is 26.9 Å². The van der Waals surface area contributed by atoms with Crippen LogP contribution < -0.4 is 5.32 Å². The van der Waals surface area contributed by atoms with E-state index >= 15 is 0 Å². The van der Waals surface area contributed by atoms with Gasteiger partial charge in [-0.05, 0) is 26.7 Å². The molecule has 0 aromatic heterocycles. The van der Waals surface area contributed by atoms with Crippen molar-refractivity contribution < 1.29 is 28.6 Å². The van der Waals surface area contributed by atoms with Crippen LogP contribution >= 0.6 is 0 Å². The topological polar surface area (TPSA) is 90.9 Å². The maximum absolute atomic E-state index is 11.7. The fourth-order valence-electron chi connectivity index (χ4n) is 1.57. The minimum Gasteiger partial charge on any atom is -0.469 e. The Balaban J connectivity index is 4.17. The summed E-state index contributed by atoms with van der Waals surface area (Å²) in [6.45, 7) is 4.26. The van der Waals surface area contributed by atoms with Gasteiger partial charge in [-0.25, -0.2) is 9.59 Å². The average molecular weight is 315 g/mol. The molecule has 22 heavy (non-hydrogen) atoms. The second-order valence-corrected chi connectivity index (χ2v) is 4.34. The summed E-state index contributed by atoms with van der Waals surface area (Å²) in [4.78, 5) is 34.2. The van der Waals surface area contributed by atoms with Gasteiger partial charge >= 0.3 is 17.9 Å². The molecule has 1 N–H and O–H groups in total. The van der Waals surface area contributed by atoms with Crippen molar-refractivity contribution >= 4 is 17.9 Å². The largest absolute Gasteiger partial charge is 0.469 e. The molecule has 0 unspecified atom stereocenters. The van der Waals surface area contributed by atoms with Crippen LogP contribution in [0.1, 0.15) is 39.5 Å². The smallest absolute Gasteiger partial charge is 0.347 e. The standard InChI is InChI=1S/C15H25NO6/c1-4-21-14(18)12(15(19)22-5-2)11-16-10-8-6-7-9-13(17)20-3/h11,16H,4-10H2,1-3H3. The van der Waals surface area contributed by atoms with Crippen LogP contribution in [0.4, 0.5) is 0 Å². The van der Waals surface area contributed by atoms with Gasteiger partial charge in [-0.3, -0.25) is 4.79 Å². The molecule has 0 aliphatic heterocycles. The van der Waals surface area contributed by atoms with Crippen LogP contribution in [0.25, 0.3) is 0 Å². The second kappa shape index (κ2) is 12.7. The van der Waals surface area contributed by atoms with E-state index < -0.39 is 11.9 Å². The Hall–Kier alpha value is -2.05. The molecule has 0 aromatic rings. The summed E-state index contributed by atoms with van der Waals surface area (Å²) in [5, 5.41) is 2.89. The van der Waals surface area contributed by atoms with E-state index in [1.165, 1.54) is 13.3 Å². The highest BCUT2D eigenvalue weighted by atomic mass is 16.6. The predicted octanol–water partition coefficient (Wildman–Crippen LogP) is 1.32. The van der Waals surface area contributed by atoms with Crippen LogP contribution in [-0.2, 0) is 28.6 Å². The number of ether oxygens (including phenoxy) is 3. The van der Waals surface area contributed by atoms with E-state index in [4.69, 9.17) is 9.47 Å². The number of hydrogen-bond acceptors (Lipinski definition) is 7. The zero-order valence-electron chi connectivity index (χ0n) is 13.5. The van der Waals surface area contributed by atoms with Gasteiger partial charge in [0, 0.05) is 19.2 Å². The molecule has 0 rings (SSSR count). The molecule has 0 aliphatic carbocycles. The minimum absolute atomic E-state index is 0.154. The Morgan fingerprint density at radius 2 is 1.55 bits per heavy atom. The van der Waals surface area contributed by atoms with E-state index in [2.05, 4.69) is 10.1 Å². The number of unbranched alkanes of at least 4 members (excludes halogenated alkanes) is 2. The molecule has 0 aliphatic rings. The van der Waals surface area contributed by atoms with Gasteiger partial charge in [0.25, 0.3) is 0 Å². The Morgan fingerprint density at radius 3 is 2.05 bits per heavy atom. The highest BCUT2D eigenvalue weighted by molar-refractivity contribution is 6.13. The highest BCUT2D eigenvalue weighted by Crippen LogP contribution is 2.03. The summed E-state index contributed by atoms with van der Waals surface area (Å²) in [5.41, 5.74) is -0.154. The van der Waals surface area contributed by atoms with Gasteiger partial charge in [-0.15, -0.1) is 0 Å². The molecule has 126 valence electrons. The fourth-order valence-corrected chi connectivity index (χ4v) is 1.57. The first kappa shape index (κ1) is 19.9. The van der Waals surface area contributed by atoms with Crippen molar-refractivity contribution in [1.29, 1.82) is 0 Å². The third kappa shape index (κ3) is 8.99. The van der Waals surface area contributed by atoms with Crippen LogP contribution in [0.2, 0.25) is 0 Å². The Labute approximate surface area is 131 Å². The van der Waals surface area contributed by atoms with Crippen LogP contribution in [0, 0.1) is 0 Å². The van der Waals surface area contributed by atoms with E-state index in [0.29, 0.717) is 13.0 Å².